The number of unbranched alkanes of at least 4 members (excludes halogenated alkanes) is 23. The van der Waals surface area contributed by atoms with Gasteiger partial charge in [0, 0.05) is 37.8 Å². The molecule has 67 heavy (non-hydrogen) atoms. The molecule has 0 unspecified atom stereocenters. The van der Waals surface area contributed by atoms with Crippen molar-refractivity contribution >= 4 is 17.9 Å². The van der Waals surface area contributed by atoms with Crippen molar-refractivity contribution in [3.63, 3.8) is 0 Å². The molecule has 1 aliphatic carbocycles. The Kier molecular flexibility index (Phi) is 45.3. The van der Waals surface area contributed by atoms with Crippen molar-refractivity contribution in [3.8, 4) is 0 Å². The van der Waals surface area contributed by atoms with E-state index < -0.39 is 0 Å². The fourth-order valence-electron chi connectivity index (χ4n) is 9.61. The molecule has 1 fully saturated rings. The third-order valence-corrected chi connectivity index (χ3v) is 14.4. The Hall–Kier alpha value is -1.71. The van der Waals surface area contributed by atoms with Crippen molar-refractivity contribution in [3.05, 3.63) is 0 Å². The first-order valence-corrected chi connectivity index (χ1v) is 29.4. The lowest BCUT2D eigenvalue weighted by molar-refractivity contribution is -0.149. The number of aliphatic hydroxyl groups excluding tert-OH is 1. The summed E-state index contributed by atoms with van der Waals surface area (Å²) in [6, 6.07) is 0.730. The van der Waals surface area contributed by atoms with Crippen LogP contribution in [0.5, 0.6) is 0 Å². The Morgan fingerprint density at radius 2 is 0.746 bits per heavy atom. The summed E-state index contributed by atoms with van der Waals surface area (Å²) >= 11 is 0. The van der Waals surface area contributed by atoms with Crippen LogP contribution in [0.3, 0.4) is 0 Å². The second kappa shape index (κ2) is 47.9. The molecule has 0 saturated heterocycles. The van der Waals surface area contributed by atoms with Crippen molar-refractivity contribution < 1.29 is 33.7 Å². The van der Waals surface area contributed by atoms with E-state index in [4.69, 9.17) is 14.2 Å². The SMILES string of the molecule is CCCCCCCCC(CCCCCCCC)COC(=O)CCCCCN(CCCCCN(CCO)CCCCC(COC(=O)CCCCCCC)COC(=O)CCCCCCC)C1CCC1. The van der Waals surface area contributed by atoms with Crippen LogP contribution in [-0.4, -0.2) is 98.0 Å². The van der Waals surface area contributed by atoms with Gasteiger partial charge in [0.05, 0.1) is 26.4 Å². The number of rotatable bonds is 52. The minimum atomic E-state index is -0.140. The van der Waals surface area contributed by atoms with E-state index in [1.165, 1.54) is 148 Å². The summed E-state index contributed by atoms with van der Waals surface area (Å²) in [6.07, 6.45) is 44.2. The number of esters is 3. The summed E-state index contributed by atoms with van der Waals surface area (Å²) in [7, 11) is 0. The molecule has 1 saturated carbocycles. The first-order valence-electron chi connectivity index (χ1n) is 29.4. The van der Waals surface area contributed by atoms with E-state index in [0.29, 0.717) is 51.5 Å². The largest absolute Gasteiger partial charge is 0.465 e. The molecule has 9 nitrogen and oxygen atoms in total. The highest BCUT2D eigenvalue weighted by atomic mass is 16.5. The second-order valence-corrected chi connectivity index (χ2v) is 20.8. The summed E-state index contributed by atoms with van der Waals surface area (Å²) in [6.45, 7) is 15.2. The molecular formula is C58H112N2O7. The minimum Gasteiger partial charge on any atom is -0.465 e. The summed E-state index contributed by atoms with van der Waals surface area (Å²) in [5.41, 5.74) is 0. The fourth-order valence-corrected chi connectivity index (χ4v) is 9.61. The zero-order chi connectivity index (χ0) is 48.7. The topological polar surface area (TPSA) is 106 Å². The third kappa shape index (κ3) is 39.7. The molecule has 0 aromatic carbocycles. The molecule has 0 bridgehead atoms. The molecule has 9 heteroatoms. The molecule has 0 aromatic heterocycles. The van der Waals surface area contributed by atoms with Gasteiger partial charge in [0.15, 0.2) is 0 Å². The van der Waals surface area contributed by atoms with E-state index in [1.54, 1.807) is 0 Å². The summed E-state index contributed by atoms with van der Waals surface area (Å²) in [4.78, 5) is 42.9. The average Bonchev–Trinajstić information content (AvgIpc) is 3.30. The molecule has 0 spiro atoms. The Morgan fingerprint density at radius 1 is 0.418 bits per heavy atom. The fraction of sp³-hybridized carbons (Fsp3) is 0.948. The monoisotopic (exact) mass is 949 g/mol. The Morgan fingerprint density at radius 3 is 1.16 bits per heavy atom. The first kappa shape index (κ1) is 63.3. The maximum atomic E-state index is 12.8. The third-order valence-electron chi connectivity index (χ3n) is 14.4. The van der Waals surface area contributed by atoms with Gasteiger partial charge in [-0.25, -0.2) is 0 Å². The van der Waals surface area contributed by atoms with Crippen LogP contribution in [0.4, 0.5) is 0 Å². The lowest BCUT2D eigenvalue weighted by Crippen LogP contribution is -2.41. The number of carbonyl (C=O) groups excluding carboxylic acids is 3. The highest BCUT2D eigenvalue weighted by Gasteiger charge is 2.24. The van der Waals surface area contributed by atoms with Crippen LogP contribution >= 0.6 is 0 Å². The van der Waals surface area contributed by atoms with Crippen molar-refractivity contribution in [2.24, 2.45) is 11.8 Å². The van der Waals surface area contributed by atoms with E-state index in [0.717, 1.165) is 116 Å². The van der Waals surface area contributed by atoms with Crippen molar-refractivity contribution in [2.75, 3.05) is 59.2 Å². The van der Waals surface area contributed by atoms with Gasteiger partial charge in [-0.2, -0.15) is 0 Å². The van der Waals surface area contributed by atoms with Gasteiger partial charge in [-0.1, -0.05) is 182 Å². The summed E-state index contributed by atoms with van der Waals surface area (Å²) in [5, 5.41) is 9.85. The van der Waals surface area contributed by atoms with Crippen LogP contribution in [-0.2, 0) is 28.6 Å². The number of aliphatic hydroxyl groups is 1. The lowest BCUT2D eigenvalue weighted by Gasteiger charge is -2.37. The molecular weight excluding hydrogens is 837 g/mol. The molecule has 0 aromatic rings. The van der Waals surface area contributed by atoms with Gasteiger partial charge in [0.1, 0.15) is 0 Å². The number of carbonyl (C=O) groups is 3. The Bertz CT molecular complexity index is 1060. The van der Waals surface area contributed by atoms with Crippen LogP contribution in [0.25, 0.3) is 0 Å². The predicted octanol–water partition coefficient (Wildman–Crippen LogP) is 15.1. The molecule has 1 N–H and O–H groups in total. The minimum absolute atomic E-state index is 0.00827. The van der Waals surface area contributed by atoms with Crippen molar-refractivity contribution in [1.29, 1.82) is 0 Å². The Balaban J connectivity index is 2.42. The maximum absolute atomic E-state index is 12.8. The summed E-state index contributed by atoms with van der Waals surface area (Å²) < 4.78 is 17.3. The molecule has 0 radical (unpaired) electrons. The van der Waals surface area contributed by atoms with E-state index in [2.05, 4.69) is 37.5 Å². The molecule has 0 atom stereocenters. The Labute approximate surface area is 415 Å². The zero-order valence-corrected chi connectivity index (χ0v) is 45.0. The summed E-state index contributed by atoms with van der Waals surface area (Å²) in [5.74, 6) is 0.264. The zero-order valence-electron chi connectivity index (χ0n) is 45.0. The number of ether oxygens (including phenoxy) is 3. The molecule has 0 heterocycles. The molecule has 0 amide bonds. The second-order valence-electron chi connectivity index (χ2n) is 20.8. The van der Waals surface area contributed by atoms with Gasteiger partial charge in [-0.05, 0) is 109 Å². The van der Waals surface area contributed by atoms with Gasteiger partial charge in [0.25, 0.3) is 0 Å². The van der Waals surface area contributed by atoms with E-state index >= 15 is 0 Å². The van der Waals surface area contributed by atoms with Gasteiger partial charge in [0.2, 0.25) is 0 Å². The van der Waals surface area contributed by atoms with Gasteiger partial charge >= 0.3 is 17.9 Å². The van der Waals surface area contributed by atoms with Gasteiger partial charge in [-0.15, -0.1) is 0 Å². The number of hydrogen-bond donors (Lipinski definition) is 1. The highest BCUT2D eigenvalue weighted by Crippen LogP contribution is 2.26. The molecule has 1 rings (SSSR count). The van der Waals surface area contributed by atoms with Crippen LogP contribution < -0.4 is 0 Å². The normalized spacial score (nSPS) is 13.0. The van der Waals surface area contributed by atoms with Crippen molar-refractivity contribution in [2.45, 2.75) is 284 Å². The van der Waals surface area contributed by atoms with E-state index in [-0.39, 0.29) is 30.4 Å². The standard InChI is InChI=1S/C58H112N2O7/c1-5-9-13-17-21-25-36-53(37-26-22-18-14-10-6-2)50-65-56(62)43-29-23-32-46-60(55-39-35-40-55)47-33-24-31-44-59(48-49-61)45-34-30-38-54(51-66-57(63)41-27-19-15-11-7-3)52-67-58(64)42-28-20-16-12-8-4/h53-55,61H,5-52H2,1-4H3. The molecule has 0 aliphatic heterocycles. The van der Waals surface area contributed by atoms with Gasteiger partial charge < -0.3 is 29.1 Å². The van der Waals surface area contributed by atoms with E-state index in [9.17, 15) is 19.5 Å². The maximum Gasteiger partial charge on any atom is 0.305 e. The number of nitrogens with zero attached hydrogens (tertiary/aromatic N) is 2. The highest BCUT2D eigenvalue weighted by molar-refractivity contribution is 5.70. The average molecular weight is 950 g/mol. The van der Waals surface area contributed by atoms with E-state index in [1.807, 2.05) is 0 Å². The smallest absolute Gasteiger partial charge is 0.305 e. The molecule has 396 valence electrons. The lowest BCUT2D eigenvalue weighted by atomic mass is 9.91. The molecule has 1 aliphatic rings. The quantitative estimate of drug-likeness (QED) is 0.0362. The number of hydrogen-bond acceptors (Lipinski definition) is 9. The van der Waals surface area contributed by atoms with Crippen LogP contribution in [0.2, 0.25) is 0 Å². The van der Waals surface area contributed by atoms with Crippen LogP contribution in [0.1, 0.15) is 278 Å². The van der Waals surface area contributed by atoms with Crippen LogP contribution in [0, 0.1) is 11.8 Å². The van der Waals surface area contributed by atoms with Crippen molar-refractivity contribution in [1.82, 2.24) is 9.80 Å². The predicted molar refractivity (Wildman–Crippen MR) is 282 cm³/mol. The first-order chi connectivity index (χ1) is 32.9. The van der Waals surface area contributed by atoms with Crippen LogP contribution in [0.15, 0.2) is 0 Å². The van der Waals surface area contributed by atoms with Gasteiger partial charge in [-0.3, -0.25) is 14.4 Å².